The Balaban J connectivity index is 2.07. The van der Waals surface area contributed by atoms with Gasteiger partial charge in [0.2, 0.25) is 0 Å². The number of nitro groups is 1. The van der Waals surface area contributed by atoms with Crippen molar-refractivity contribution in [3.8, 4) is 0 Å². The van der Waals surface area contributed by atoms with Crippen LogP contribution in [0, 0.1) is 10.1 Å². The third kappa shape index (κ3) is 3.28. The van der Waals surface area contributed by atoms with Gasteiger partial charge in [0.25, 0.3) is 5.69 Å². The van der Waals surface area contributed by atoms with Crippen molar-refractivity contribution in [2.24, 2.45) is 0 Å². The second kappa shape index (κ2) is 5.34. The second-order valence-electron chi connectivity index (χ2n) is 4.92. The van der Waals surface area contributed by atoms with Gasteiger partial charge in [-0.05, 0) is 31.5 Å². The summed E-state index contributed by atoms with van der Waals surface area (Å²) in [5.41, 5.74) is 1.12. The minimum Gasteiger partial charge on any atom is -0.315 e. The molecule has 0 aromatic heterocycles. The van der Waals surface area contributed by atoms with Crippen LogP contribution in [0.2, 0.25) is 0 Å². The molecule has 0 radical (unpaired) electrons. The Hall–Kier alpha value is -0.980. The van der Waals surface area contributed by atoms with Gasteiger partial charge in [-0.15, -0.1) is 0 Å². The van der Waals surface area contributed by atoms with Crippen LogP contribution >= 0.6 is 15.9 Å². The molecule has 1 atom stereocenters. The van der Waals surface area contributed by atoms with Crippen LogP contribution < -0.4 is 10.6 Å². The number of nitrogens with zero attached hydrogens (tertiary/aromatic N) is 1. The lowest BCUT2D eigenvalue weighted by atomic mass is 10.0. The van der Waals surface area contributed by atoms with E-state index < -0.39 is 0 Å². The standard InChI is InChI=1S/C12H16BrN3O2/c1-12(2-3-14-8-12)15-7-9-4-10(13)6-11(5-9)16(17)18/h4-6,14-15H,2-3,7-8H2,1H3. The van der Waals surface area contributed by atoms with Crippen molar-refractivity contribution >= 4 is 21.6 Å². The van der Waals surface area contributed by atoms with E-state index in [1.165, 1.54) is 6.07 Å². The molecule has 1 aromatic carbocycles. The lowest BCUT2D eigenvalue weighted by Gasteiger charge is -2.24. The van der Waals surface area contributed by atoms with Crippen LogP contribution in [0.4, 0.5) is 5.69 Å². The van der Waals surface area contributed by atoms with Gasteiger partial charge in [-0.1, -0.05) is 15.9 Å². The molecule has 1 aromatic rings. The number of nitrogens with one attached hydrogen (secondary N) is 2. The van der Waals surface area contributed by atoms with Crippen molar-refractivity contribution in [1.82, 2.24) is 10.6 Å². The first-order valence-electron chi connectivity index (χ1n) is 5.88. The smallest absolute Gasteiger partial charge is 0.270 e. The van der Waals surface area contributed by atoms with Crippen LogP contribution in [-0.2, 0) is 6.54 Å². The van der Waals surface area contributed by atoms with Gasteiger partial charge in [0, 0.05) is 35.2 Å². The Morgan fingerprint density at radius 1 is 1.56 bits per heavy atom. The van der Waals surface area contributed by atoms with Gasteiger partial charge in [-0.2, -0.15) is 0 Å². The van der Waals surface area contributed by atoms with Crippen LogP contribution in [0.5, 0.6) is 0 Å². The van der Waals surface area contributed by atoms with Crippen LogP contribution in [0.3, 0.4) is 0 Å². The Labute approximate surface area is 114 Å². The molecule has 0 bridgehead atoms. The molecular formula is C12H16BrN3O2. The van der Waals surface area contributed by atoms with Gasteiger partial charge in [0.15, 0.2) is 0 Å². The van der Waals surface area contributed by atoms with E-state index in [-0.39, 0.29) is 16.1 Å². The molecule has 98 valence electrons. The summed E-state index contributed by atoms with van der Waals surface area (Å²) in [5, 5.41) is 17.6. The summed E-state index contributed by atoms with van der Waals surface area (Å²) >= 11 is 3.30. The molecule has 0 spiro atoms. The number of non-ortho nitro benzene ring substituents is 1. The maximum Gasteiger partial charge on any atom is 0.270 e. The lowest BCUT2D eigenvalue weighted by molar-refractivity contribution is -0.385. The summed E-state index contributed by atoms with van der Waals surface area (Å²) < 4.78 is 0.739. The molecule has 1 unspecified atom stereocenters. The molecule has 2 N–H and O–H groups in total. The van der Waals surface area contributed by atoms with Crippen LogP contribution in [0.25, 0.3) is 0 Å². The van der Waals surface area contributed by atoms with Crippen molar-refractivity contribution in [2.75, 3.05) is 13.1 Å². The van der Waals surface area contributed by atoms with E-state index in [1.54, 1.807) is 6.07 Å². The normalized spacial score (nSPS) is 23.2. The number of benzene rings is 1. The monoisotopic (exact) mass is 313 g/mol. The largest absolute Gasteiger partial charge is 0.315 e. The fraction of sp³-hybridized carbons (Fsp3) is 0.500. The first-order chi connectivity index (χ1) is 8.48. The molecular weight excluding hydrogens is 298 g/mol. The lowest BCUT2D eigenvalue weighted by Crippen LogP contribution is -2.43. The highest BCUT2D eigenvalue weighted by Gasteiger charge is 2.27. The van der Waals surface area contributed by atoms with E-state index in [0.29, 0.717) is 6.54 Å². The third-order valence-electron chi connectivity index (χ3n) is 3.24. The Bertz CT molecular complexity index is 459. The summed E-state index contributed by atoms with van der Waals surface area (Å²) in [6.45, 7) is 4.75. The van der Waals surface area contributed by atoms with Crippen molar-refractivity contribution in [3.05, 3.63) is 38.3 Å². The molecule has 0 amide bonds. The Morgan fingerprint density at radius 3 is 2.94 bits per heavy atom. The molecule has 0 saturated carbocycles. The average Bonchev–Trinajstić information content (AvgIpc) is 2.73. The fourth-order valence-electron chi connectivity index (χ4n) is 2.12. The number of halogens is 1. The van der Waals surface area contributed by atoms with Gasteiger partial charge in [0.05, 0.1) is 4.92 Å². The summed E-state index contributed by atoms with van der Waals surface area (Å²) in [6, 6.07) is 5.04. The predicted octanol–water partition coefficient (Wildman–Crippen LogP) is 2.20. The molecule has 1 aliphatic heterocycles. The number of rotatable bonds is 4. The van der Waals surface area contributed by atoms with Crippen molar-refractivity contribution in [1.29, 1.82) is 0 Å². The van der Waals surface area contributed by atoms with E-state index in [1.807, 2.05) is 6.07 Å². The highest BCUT2D eigenvalue weighted by molar-refractivity contribution is 9.10. The van der Waals surface area contributed by atoms with Gasteiger partial charge in [-0.25, -0.2) is 0 Å². The van der Waals surface area contributed by atoms with Crippen LogP contribution in [0.1, 0.15) is 18.9 Å². The second-order valence-corrected chi connectivity index (χ2v) is 5.83. The fourth-order valence-corrected chi connectivity index (χ4v) is 2.65. The first-order valence-corrected chi connectivity index (χ1v) is 6.67. The number of nitro benzene ring substituents is 1. The zero-order valence-corrected chi connectivity index (χ0v) is 11.8. The van der Waals surface area contributed by atoms with Crippen LogP contribution in [0.15, 0.2) is 22.7 Å². The topological polar surface area (TPSA) is 67.2 Å². The van der Waals surface area contributed by atoms with Gasteiger partial charge >= 0.3 is 0 Å². The minimum atomic E-state index is -0.368. The molecule has 6 heteroatoms. The molecule has 18 heavy (non-hydrogen) atoms. The van der Waals surface area contributed by atoms with E-state index in [0.717, 1.165) is 29.5 Å². The Morgan fingerprint density at radius 2 is 2.33 bits per heavy atom. The van der Waals surface area contributed by atoms with Crippen molar-refractivity contribution in [2.45, 2.75) is 25.4 Å². The first kappa shape index (κ1) is 13.5. The summed E-state index contributed by atoms with van der Waals surface area (Å²) in [6.07, 6.45) is 1.07. The van der Waals surface area contributed by atoms with Gasteiger partial charge in [-0.3, -0.25) is 10.1 Å². The summed E-state index contributed by atoms with van der Waals surface area (Å²) in [5.74, 6) is 0. The molecule has 1 aliphatic rings. The number of hydrogen-bond donors (Lipinski definition) is 2. The maximum atomic E-state index is 10.8. The summed E-state index contributed by atoms with van der Waals surface area (Å²) in [4.78, 5) is 10.4. The highest BCUT2D eigenvalue weighted by atomic mass is 79.9. The van der Waals surface area contributed by atoms with E-state index in [9.17, 15) is 10.1 Å². The van der Waals surface area contributed by atoms with Crippen molar-refractivity contribution in [3.63, 3.8) is 0 Å². The summed E-state index contributed by atoms with van der Waals surface area (Å²) in [7, 11) is 0. The van der Waals surface area contributed by atoms with E-state index in [2.05, 4.69) is 33.5 Å². The van der Waals surface area contributed by atoms with E-state index >= 15 is 0 Å². The highest BCUT2D eigenvalue weighted by Crippen LogP contribution is 2.22. The molecule has 1 heterocycles. The molecule has 5 nitrogen and oxygen atoms in total. The molecule has 1 fully saturated rings. The number of hydrogen-bond acceptors (Lipinski definition) is 4. The van der Waals surface area contributed by atoms with Crippen LogP contribution in [-0.4, -0.2) is 23.6 Å². The quantitative estimate of drug-likeness (QED) is 0.660. The molecule has 0 aliphatic carbocycles. The molecule has 2 rings (SSSR count). The van der Waals surface area contributed by atoms with Crippen molar-refractivity contribution < 1.29 is 4.92 Å². The average molecular weight is 314 g/mol. The zero-order chi connectivity index (χ0) is 13.2. The third-order valence-corrected chi connectivity index (χ3v) is 3.70. The predicted molar refractivity (Wildman–Crippen MR) is 73.5 cm³/mol. The van der Waals surface area contributed by atoms with Gasteiger partial charge < -0.3 is 10.6 Å². The molecule has 1 saturated heterocycles. The Kier molecular flexibility index (Phi) is 3.99. The minimum absolute atomic E-state index is 0.0805. The van der Waals surface area contributed by atoms with E-state index in [4.69, 9.17) is 0 Å². The zero-order valence-electron chi connectivity index (χ0n) is 10.2. The van der Waals surface area contributed by atoms with Gasteiger partial charge in [0.1, 0.15) is 0 Å². The maximum absolute atomic E-state index is 10.8. The SMILES string of the molecule is CC1(NCc2cc(Br)cc([N+](=O)[O-])c2)CCNC1.